The highest BCUT2D eigenvalue weighted by molar-refractivity contribution is 7.84. The van der Waals surface area contributed by atoms with E-state index in [2.05, 4.69) is 9.97 Å². The van der Waals surface area contributed by atoms with E-state index >= 15 is 0 Å². The smallest absolute Gasteiger partial charge is 0.130 e. The van der Waals surface area contributed by atoms with E-state index in [9.17, 15) is 4.21 Å². The van der Waals surface area contributed by atoms with Crippen molar-refractivity contribution in [1.82, 2.24) is 9.97 Å². The van der Waals surface area contributed by atoms with Gasteiger partial charge in [-0.15, -0.1) is 0 Å². The van der Waals surface area contributed by atoms with E-state index in [4.69, 9.17) is 0 Å². The van der Waals surface area contributed by atoms with Crippen LogP contribution >= 0.6 is 0 Å². The Kier molecular flexibility index (Phi) is 1.89. The van der Waals surface area contributed by atoms with Crippen LogP contribution in [0.15, 0.2) is 23.6 Å². The van der Waals surface area contributed by atoms with Crippen molar-refractivity contribution in [2.45, 2.75) is 5.03 Å². The monoisotopic (exact) mass is 142 g/mol. The molecule has 0 radical (unpaired) electrons. The van der Waals surface area contributed by atoms with Crippen LogP contribution in [0.3, 0.4) is 0 Å². The summed E-state index contributed by atoms with van der Waals surface area (Å²) in [6.07, 6.45) is 4.54. The van der Waals surface area contributed by atoms with Crippen LogP contribution in [0.4, 0.5) is 0 Å². The first-order chi connectivity index (χ1) is 4.30. The number of nitrogens with zero attached hydrogens (tertiary/aromatic N) is 2. The molecule has 0 amide bonds. The van der Waals surface area contributed by atoms with Crippen LogP contribution in [0.1, 0.15) is 0 Å². The molecule has 0 aliphatic rings. The molecule has 0 aliphatic heterocycles. The van der Waals surface area contributed by atoms with Gasteiger partial charge in [0, 0.05) is 12.5 Å². The number of rotatable bonds is 1. The van der Waals surface area contributed by atoms with E-state index in [1.54, 1.807) is 18.5 Å². The molecule has 1 heterocycles. The standard InChI is InChI=1S/C5H6N2OS/c1-9(8)5-2-3-6-4-7-5/h2-4H,1H3. The van der Waals surface area contributed by atoms with E-state index in [0.29, 0.717) is 5.03 Å². The maximum atomic E-state index is 10.7. The van der Waals surface area contributed by atoms with Gasteiger partial charge in [0.15, 0.2) is 0 Å². The Morgan fingerprint density at radius 3 is 2.78 bits per heavy atom. The average molecular weight is 142 g/mol. The lowest BCUT2D eigenvalue weighted by molar-refractivity contribution is 0.683. The summed E-state index contributed by atoms with van der Waals surface area (Å²) in [4.78, 5) is 7.45. The fourth-order valence-electron chi connectivity index (χ4n) is 0.449. The summed E-state index contributed by atoms with van der Waals surface area (Å²) in [5, 5.41) is 0.574. The Hall–Kier alpha value is -0.770. The summed E-state index contributed by atoms with van der Waals surface area (Å²) in [7, 11) is -0.980. The third kappa shape index (κ3) is 1.57. The van der Waals surface area contributed by atoms with Gasteiger partial charge < -0.3 is 0 Å². The summed E-state index contributed by atoms with van der Waals surface area (Å²) >= 11 is 0. The predicted molar refractivity (Wildman–Crippen MR) is 34.4 cm³/mol. The van der Waals surface area contributed by atoms with Gasteiger partial charge in [-0.3, -0.25) is 4.21 Å². The molecule has 4 heteroatoms. The number of hydrogen-bond acceptors (Lipinski definition) is 3. The van der Waals surface area contributed by atoms with E-state index in [1.165, 1.54) is 6.33 Å². The quantitative estimate of drug-likeness (QED) is 0.526. The second-order valence-corrected chi connectivity index (χ2v) is 2.83. The molecule has 0 fully saturated rings. The molecule has 1 unspecified atom stereocenters. The summed E-state index contributed by atoms with van der Waals surface area (Å²) in [6, 6.07) is 1.64. The number of hydrogen-bond donors (Lipinski definition) is 0. The van der Waals surface area contributed by atoms with Crippen LogP contribution < -0.4 is 0 Å². The maximum Gasteiger partial charge on any atom is 0.130 e. The van der Waals surface area contributed by atoms with Crippen LogP contribution in [0, 0.1) is 0 Å². The Bertz CT molecular complexity index is 211. The topological polar surface area (TPSA) is 42.9 Å². The molecule has 0 saturated heterocycles. The van der Waals surface area contributed by atoms with Crippen LogP contribution in [-0.4, -0.2) is 20.4 Å². The first-order valence-electron chi connectivity index (χ1n) is 2.40. The van der Waals surface area contributed by atoms with Gasteiger partial charge in [0.1, 0.15) is 11.4 Å². The second kappa shape index (κ2) is 2.68. The summed E-state index contributed by atoms with van der Waals surface area (Å²) in [6.45, 7) is 0. The molecule has 1 rings (SSSR count). The van der Waals surface area contributed by atoms with Crippen molar-refractivity contribution < 1.29 is 4.21 Å². The van der Waals surface area contributed by atoms with Crippen LogP contribution in [0.5, 0.6) is 0 Å². The third-order valence-corrected chi connectivity index (χ3v) is 1.68. The van der Waals surface area contributed by atoms with Gasteiger partial charge in [0.2, 0.25) is 0 Å². The van der Waals surface area contributed by atoms with Crippen LogP contribution in [0.25, 0.3) is 0 Å². The predicted octanol–water partition coefficient (Wildman–Crippen LogP) is 0.214. The summed E-state index contributed by atoms with van der Waals surface area (Å²) < 4.78 is 10.7. The number of aromatic nitrogens is 2. The fraction of sp³-hybridized carbons (Fsp3) is 0.200. The van der Waals surface area contributed by atoms with Gasteiger partial charge in [-0.1, -0.05) is 0 Å². The van der Waals surface area contributed by atoms with E-state index < -0.39 is 10.8 Å². The largest absolute Gasteiger partial charge is 0.253 e. The maximum absolute atomic E-state index is 10.7. The zero-order valence-corrected chi connectivity index (χ0v) is 5.76. The molecule has 0 saturated carbocycles. The van der Waals surface area contributed by atoms with Gasteiger partial charge >= 0.3 is 0 Å². The molecule has 1 aromatic rings. The molecule has 0 spiro atoms. The van der Waals surface area contributed by atoms with Crippen molar-refractivity contribution >= 4 is 10.8 Å². The molecule has 0 aliphatic carbocycles. The summed E-state index contributed by atoms with van der Waals surface area (Å²) in [5.41, 5.74) is 0. The molecule has 0 aromatic carbocycles. The molecule has 1 atom stereocenters. The lowest BCUT2D eigenvalue weighted by atomic mass is 10.7. The highest BCUT2D eigenvalue weighted by Gasteiger charge is 1.93. The van der Waals surface area contributed by atoms with Crippen molar-refractivity contribution in [1.29, 1.82) is 0 Å². The Morgan fingerprint density at radius 2 is 2.44 bits per heavy atom. The third-order valence-electron chi connectivity index (χ3n) is 0.849. The molecule has 1 aromatic heterocycles. The minimum atomic E-state index is -0.980. The Labute approximate surface area is 55.6 Å². The first-order valence-corrected chi connectivity index (χ1v) is 3.96. The van der Waals surface area contributed by atoms with Crippen molar-refractivity contribution in [3.05, 3.63) is 18.6 Å². The zero-order valence-electron chi connectivity index (χ0n) is 4.94. The summed E-state index contributed by atoms with van der Waals surface area (Å²) in [5.74, 6) is 0. The van der Waals surface area contributed by atoms with E-state index in [0.717, 1.165) is 0 Å². The lowest BCUT2D eigenvalue weighted by Gasteiger charge is -1.89. The molecular weight excluding hydrogens is 136 g/mol. The minimum absolute atomic E-state index is 0.574. The van der Waals surface area contributed by atoms with E-state index in [1.807, 2.05) is 0 Å². The molecule has 48 valence electrons. The van der Waals surface area contributed by atoms with Crippen molar-refractivity contribution in [2.24, 2.45) is 0 Å². The normalized spacial score (nSPS) is 13.0. The molecule has 3 nitrogen and oxygen atoms in total. The van der Waals surface area contributed by atoms with Crippen LogP contribution in [-0.2, 0) is 10.8 Å². The van der Waals surface area contributed by atoms with Gasteiger partial charge in [0.25, 0.3) is 0 Å². The lowest BCUT2D eigenvalue weighted by Crippen LogP contribution is -1.90. The first kappa shape index (κ1) is 6.35. The SMILES string of the molecule is CS(=O)c1ccncn1. The molecule has 0 N–H and O–H groups in total. The van der Waals surface area contributed by atoms with Crippen molar-refractivity contribution in [3.63, 3.8) is 0 Å². The highest BCUT2D eigenvalue weighted by Crippen LogP contribution is 1.94. The minimum Gasteiger partial charge on any atom is -0.253 e. The van der Waals surface area contributed by atoms with Crippen LogP contribution in [0.2, 0.25) is 0 Å². The average Bonchev–Trinajstić information content (AvgIpc) is 1.90. The molecular formula is C5H6N2OS. The van der Waals surface area contributed by atoms with Crippen molar-refractivity contribution in [2.75, 3.05) is 6.26 Å². The Balaban J connectivity index is 2.98. The molecule has 0 bridgehead atoms. The van der Waals surface area contributed by atoms with E-state index in [-0.39, 0.29) is 0 Å². The molecule has 9 heavy (non-hydrogen) atoms. The van der Waals surface area contributed by atoms with Crippen molar-refractivity contribution in [3.8, 4) is 0 Å². The fourth-order valence-corrected chi connectivity index (χ4v) is 0.897. The highest BCUT2D eigenvalue weighted by atomic mass is 32.2. The van der Waals surface area contributed by atoms with Gasteiger partial charge in [-0.2, -0.15) is 0 Å². The van der Waals surface area contributed by atoms with Gasteiger partial charge in [-0.05, 0) is 6.07 Å². The zero-order chi connectivity index (χ0) is 6.69. The van der Waals surface area contributed by atoms with Gasteiger partial charge in [-0.25, -0.2) is 9.97 Å². The Morgan fingerprint density at radius 1 is 1.67 bits per heavy atom. The second-order valence-electron chi connectivity index (χ2n) is 1.50. The van der Waals surface area contributed by atoms with Gasteiger partial charge in [0.05, 0.1) is 10.8 Å².